The number of aromatic nitrogens is 4. The summed E-state index contributed by atoms with van der Waals surface area (Å²) in [5.41, 5.74) is 2.24. The Labute approximate surface area is 166 Å². The normalized spacial score (nSPS) is 14.1. The summed E-state index contributed by atoms with van der Waals surface area (Å²) in [5, 5.41) is 7.16. The van der Waals surface area contributed by atoms with Crippen LogP contribution in [-0.2, 0) is 11.2 Å². The number of hydrogen-bond acceptors (Lipinski definition) is 6. The molecular formula is C19H19FN6OS. The number of benzene rings is 1. The van der Waals surface area contributed by atoms with E-state index in [1.165, 1.54) is 18.5 Å². The molecule has 9 heteroatoms. The highest BCUT2D eigenvalue weighted by atomic mass is 32.2. The number of anilines is 2. The van der Waals surface area contributed by atoms with Crippen LogP contribution < -0.4 is 10.2 Å². The Kier molecular flexibility index (Phi) is 5.52. The molecule has 0 spiro atoms. The van der Waals surface area contributed by atoms with Gasteiger partial charge in [-0.25, -0.2) is 19.0 Å². The van der Waals surface area contributed by atoms with Gasteiger partial charge >= 0.3 is 0 Å². The first-order chi connectivity index (χ1) is 13.7. The molecule has 1 amide bonds. The van der Waals surface area contributed by atoms with Crippen molar-refractivity contribution in [3.8, 4) is 5.82 Å². The second-order valence-electron chi connectivity index (χ2n) is 6.36. The van der Waals surface area contributed by atoms with Crippen molar-refractivity contribution in [1.29, 1.82) is 0 Å². The molecule has 0 aliphatic carbocycles. The van der Waals surface area contributed by atoms with Crippen LogP contribution in [0.25, 0.3) is 5.82 Å². The van der Waals surface area contributed by atoms with Crippen LogP contribution in [0.2, 0.25) is 0 Å². The zero-order valence-electron chi connectivity index (χ0n) is 15.1. The molecule has 1 aromatic carbocycles. The zero-order chi connectivity index (χ0) is 19.3. The van der Waals surface area contributed by atoms with Gasteiger partial charge < -0.3 is 10.2 Å². The molecule has 4 rings (SSSR count). The van der Waals surface area contributed by atoms with Gasteiger partial charge in [-0.3, -0.25) is 4.79 Å². The fourth-order valence-electron chi connectivity index (χ4n) is 3.02. The largest absolute Gasteiger partial charge is 0.366 e. The number of nitrogens with one attached hydrogen (secondary N) is 1. The molecule has 1 aliphatic rings. The second-order valence-corrected chi connectivity index (χ2v) is 7.58. The molecule has 1 aliphatic heterocycles. The maximum Gasteiger partial charge on any atom is 0.228 e. The molecule has 1 saturated heterocycles. The maximum absolute atomic E-state index is 13.0. The number of halogens is 1. The van der Waals surface area contributed by atoms with Crippen molar-refractivity contribution < 1.29 is 9.18 Å². The first kappa shape index (κ1) is 18.4. The molecule has 3 aromatic rings. The number of rotatable bonds is 5. The topological polar surface area (TPSA) is 75.9 Å². The lowest BCUT2D eigenvalue weighted by Crippen LogP contribution is -2.33. The van der Waals surface area contributed by atoms with Crippen molar-refractivity contribution in [2.45, 2.75) is 6.42 Å². The fourth-order valence-corrected chi connectivity index (χ4v) is 3.92. The Morgan fingerprint density at radius 2 is 1.96 bits per heavy atom. The number of nitrogens with zero attached hydrogens (tertiary/aromatic N) is 5. The molecule has 2 aromatic heterocycles. The van der Waals surface area contributed by atoms with Crippen LogP contribution in [0.1, 0.15) is 5.56 Å². The first-order valence-electron chi connectivity index (χ1n) is 8.91. The maximum atomic E-state index is 13.0. The lowest BCUT2D eigenvalue weighted by Gasteiger charge is -2.29. The van der Waals surface area contributed by atoms with Crippen LogP contribution >= 0.6 is 11.8 Å². The highest BCUT2D eigenvalue weighted by Crippen LogP contribution is 2.24. The predicted molar refractivity (Wildman–Crippen MR) is 107 cm³/mol. The molecule has 144 valence electrons. The van der Waals surface area contributed by atoms with Crippen LogP contribution in [0, 0.1) is 5.82 Å². The van der Waals surface area contributed by atoms with Gasteiger partial charge in [0.15, 0.2) is 5.82 Å². The minimum atomic E-state index is -0.321. The van der Waals surface area contributed by atoms with E-state index in [4.69, 9.17) is 0 Å². The number of hydrogen-bond donors (Lipinski definition) is 1. The number of carbonyl (C=O) groups excluding carboxylic acids is 1. The van der Waals surface area contributed by atoms with Gasteiger partial charge in [-0.15, -0.1) is 0 Å². The predicted octanol–water partition coefficient (Wildman–Crippen LogP) is 2.54. The molecule has 3 heterocycles. The van der Waals surface area contributed by atoms with Crippen LogP contribution in [0.5, 0.6) is 0 Å². The van der Waals surface area contributed by atoms with Gasteiger partial charge in [-0.05, 0) is 17.7 Å². The molecule has 1 N–H and O–H groups in total. The Balaban J connectivity index is 1.47. The molecule has 0 unspecified atom stereocenters. The lowest BCUT2D eigenvalue weighted by atomic mass is 10.1. The molecule has 0 radical (unpaired) electrons. The quantitative estimate of drug-likeness (QED) is 0.712. The van der Waals surface area contributed by atoms with Crippen molar-refractivity contribution in [1.82, 2.24) is 19.7 Å². The standard InChI is InChI=1S/C19H19FN6OS/c20-15-3-1-14(2-4-15)9-18(27)24-16-10-23-26(12-16)19-17(11-21-13-22-19)25-5-7-28-8-6-25/h1-4,10-13H,5-9H2,(H,24,27). The Morgan fingerprint density at radius 3 is 2.75 bits per heavy atom. The van der Waals surface area contributed by atoms with Crippen LogP contribution in [0.15, 0.2) is 49.2 Å². The van der Waals surface area contributed by atoms with E-state index in [1.807, 2.05) is 11.8 Å². The van der Waals surface area contributed by atoms with Gasteiger partial charge in [0.1, 0.15) is 17.8 Å². The molecule has 0 bridgehead atoms. The van der Waals surface area contributed by atoms with Gasteiger partial charge in [0.05, 0.1) is 30.7 Å². The van der Waals surface area contributed by atoms with E-state index in [9.17, 15) is 9.18 Å². The van der Waals surface area contributed by atoms with Crippen LogP contribution in [0.4, 0.5) is 15.8 Å². The number of carbonyl (C=O) groups is 1. The zero-order valence-corrected chi connectivity index (χ0v) is 15.9. The van der Waals surface area contributed by atoms with Crippen molar-refractivity contribution in [2.24, 2.45) is 0 Å². The summed E-state index contributed by atoms with van der Waals surface area (Å²) in [7, 11) is 0. The van der Waals surface area contributed by atoms with Crippen LogP contribution in [0.3, 0.4) is 0 Å². The average molecular weight is 398 g/mol. The van der Waals surface area contributed by atoms with Gasteiger partial charge in [0, 0.05) is 24.6 Å². The summed E-state index contributed by atoms with van der Waals surface area (Å²) < 4.78 is 14.6. The Hall–Kier alpha value is -2.94. The SMILES string of the molecule is O=C(Cc1ccc(F)cc1)Nc1cnn(-c2ncncc2N2CCSCC2)c1. The van der Waals surface area contributed by atoms with E-state index in [0.29, 0.717) is 11.5 Å². The molecule has 0 atom stereocenters. The van der Waals surface area contributed by atoms with Gasteiger partial charge in [0.25, 0.3) is 0 Å². The van der Waals surface area contributed by atoms with E-state index in [1.54, 1.807) is 35.4 Å². The van der Waals surface area contributed by atoms with E-state index in [-0.39, 0.29) is 18.1 Å². The van der Waals surface area contributed by atoms with Gasteiger partial charge in [-0.1, -0.05) is 12.1 Å². The molecule has 1 fully saturated rings. The smallest absolute Gasteiger partial charge is 0.228 e. The van der Waals surface area contributed by atoms with Crippen molar-refractivity contribution in [3.05, 3.63) is 60.6 Å². The minimum absolute atomic E-state index is 0.162. The van der Waals surface area contributed by atoms with Crippen LogP contribution in [-0.4, -0.2) is 50.3 Å². The summed E-state index contributed by atoms with van der Waals surface area (Å²) in [4.78, 5) is 23.0. The van der Waals surface area contributed by atoms with E-state index in [2.05, 4.69) is 25.3 Å². The number of thioether (sulfide) groups is 1. The van der Waals surface area contributed by atoms with Crippen molar-refractivity contribution >= 4 is 29.0 Å². The summed E-state index contributed by atoms with van der Waals surface area (Å²) >= 11 is 1.93. The third-order valence-corrected chi connectivity index (χ3v) is 5.33. The Bertz CT molecular complexity index is 955. The van der Waals surface area contributed by atoms with E-state index < -0.39 is 0 Å². The summed E-state index contributed by atoms with van der Waals surface area (Å²) in [5.74, 6) is 2.30. The monoisotopic (exact) mass is 398 g/mol. The highest BCUT2D eigenvalue weighted by Gasteiger charge is 2.18. The minimum Gasteiger partial charge on any atom is -0.366 e. The molecular weight excluding hydrogens is 379 g/mol. The lowest BCUT2D eigenvalue weighted by molar-refractivity contribution is -0.115. The van der Waals surface area contributed by atoms with E-state index in [0.717, 1.165) is 35.8 Å². The molecule has 0 saturated carbocycles. The summed E-state index contributed by atoms with van der Waals surface area (Å²) in [6.07, 6.45) is 6.77. The first-order valence-corrected chi connectivity index (χ1v) is 10.1. The molecule has 28 heavy (non-hydrogen) atoms. The van der Waals surface area contributed by atoms with Gasteiger partial charge in [-0.2, -0.15) is 16.9 Å². The van der Waals surface area contributed by atoms with Gasteiger partial charge in [0.2, 0.25) is 5.91 Å². The highest BCUT2D eigenvalue weighted by molar-refractivity contribution is 7.99. The third kappa shape index (κ3) is 4.30. The summed E-state index contributed by atoms with van der Waals surface area (Å²) in [6, 6.07) is 5.89. The second kappa shape index (κ2) is 8.39. The Morgan fingerprint density at radius 1 is 1.18 bits per heavy atom. The molecule has 7 nitrogen and oxygen atoms in total. The number of amides is 1. The summed E-state index contributed by atoms with van der Waals surface area (Å²) in [6.45, 7) is 1.88. The van der Waals surface area contributed by atoms with E-state index >= 15 is 0 Å². The van der Waals surface area contributed by atoms with Crippen molar-refractivity contribution in [3.63, 3.8) is 0 Å². The fraction of sp³-hybridized carbons (Fsp3) is 0.263. The van der Waals surface area contributed by atoms with Crippen molar-refractivity contribution in [2.75, 3.05) is 34.8 Å². The average Bonchev–Trinajstić information content (AvgIpc) is 3.18. The third-order valence-electron chi connectivity index (χ3n) is 4.39.